The Morgan fingerprint density at radius 1 is 1.56 bits per heavy atom. The van der Waals surface area contributed by atoms with Crippen LogP contribution in [0.3, 0.4) is 0 Å². The van der Waals surface area contributed by atoms with Crippen LogP contribution in [0.25, 0.3) is 0 Å². The minimum atomic E-state index is -0.106. The number of thiazole rings is 1. The number of nitrogens with two attached hydrogens (primary N) is 1. The Morgan fingerprint density at radius 3 is 2.72 bits per heavy atom. The number of hydrogen-bond acceptors (Lipinski definition) is 5. The van der Waals surface area contributed by atoms with Crippen molar-refractivity contribution >= 4 is 22.4 Å². The minimum Gasteiger partial charge on any atom is -0.375 e. The second-order valence-corrected chi connectivity index (χ2v) is 5.84. The van der Waals surface area contributed by atoms with Crippen LogP contribution in [0.5, 0.6) is 0 Å². The summed E-state index contributed by atoms with van der Waals surface area (Å²) in [4.78, 5) is 18.3. The molecule has 0 aromatic carbocycles. The maximum absolute atomic E-state index is 11.9. The maximum atomic E-state index is 11.9. The Bertz CT molecular complexity index is 410. The summed E-state index contributed by atoms with van der Waals surface area (Å²) in [7, 11) is 0. The Morgan fingerprint density at radius 2 is 2.22 bits per heavy atom. The van der Waals surface area contributed by atoms with Crippen molar-refractivity contribution in [1.82, 2.24) is 15.2 Å². The van der Waals surface area contributed by atoms with Crippen molar-refractivity contribution in [3.63, 3.8) is 0 Å². The maximum Gasteiger partial charge on any atom is 0.271 e. The highest BCUT2D eigenvalue weighted by atomic mass is 32.1. The highest BCUT2D eigenvalue weighted by Crippen LogP contribution is 2.15. The average Bonchev–Trinajstić information content (AvgIpc) is 2.76. The largest absolute Gasteiger partial charge is 0.375 e. The lowest BCUT2D eigenvalue weighted by atomic mass is 10.0. The van der Waals surface area contributed by atoms with E-state index in [-0.39, 0.29) is 11.9 Å². The minimum absolute atomic E-state index is 0.106. The highest BCUT2D eigenvalue weighted by Gasteiger charge is 2.22. The molecular weight excluding hydrogens is 248 g/mol. The molecule has 2 heterocycles. The normalized spacial score (nSPS) is 18.2. The van der Waals surface area contributed by atoms with Crippen molar-refractivity contribution in [3.05, 3.63) is 11.1 Å². The molecule has 0 radical (unpaired) electrons. The number of carbonyl (C=O) groups is 1. The monoisotopic (exact) mass is 268 g/mol. The third-order valence-electron chi connectivity index (χ3n) is 3.35. The van der Waals surface area contributed by atoms with Gasteiger partial charge in [-0.25, -0.2) is 4.98 Å². The summed E-state index contributed by atoms with van der Waals surface area (Å²) in [5.74, 6) is -0.106. The molecule has 1 aliphatic rings. The van der Waals surface area contributed by atoms with E-state index >= 15 is 0 Å². The van der Waals surface area contributed by atoms with Crippen LogP contribution in [-0.4, -0.2) is 41.0 Å². The van der Waals surface area contributed by atoms with Crippen LogP contribution in [0, 0.1) is 0 Å². The first-order valence-electron chi connectivity index (χ1n) is 6.32. The Balaban J connectivity index is 1.83. The SMILES string of the molecule is CC(C)N1CCC(NC(=O)c2csc(N)n2)CC1. The van der Waals surface area contributed by atoms with Crippen LogP contribution >= 0.6 is 11.3 Å². The lowest BCUT2D eigenvalue weighted by Gasteiger charge is -2.34. The van der Waals surface area contributed by atoms with Crippen molar-refractivity contribution < 1.29 is 4.79 Å². The lowest BCUT2D eigenvalue weighted by Crippen LogP contribution is -2.46. The molecule has 0 saturated carbocycles. The standard InChI is InChI=1S/C12H20N4OS/c1-8(2)16-5-3-9(4-6-16)14-11(17)10-7-18-12(13)15-10/h7-9H,3-6H2,1-2H3,(H2,13,15)(H,14,17). The first-order valence-corrected chi connectivity index (χ1v) is 7.20. The quantitative estimate of drug-likeness (QED) is 0.867. The first kappa shape index (κ1) is 13.3. The van der Waals surface area contributed by atoms with Gasteiger partial charge in [-0.05, 0) is 26.7 Å². The Labute approximate surface area is 111 Å². The van der Waals surface area contributed by atoms with Gasteiger partial charge in [-0.3, -0.25) is 4.79 Å². The topological polar surface area (TPSA) is 71.2 Å². The van der Waals surface area contributed by atoms with E-state index in [1.807, 2.05) is 0 Å². The number of rotatable bonds is 3. The summed E-state index contributed by atoms with van der Waals surface area (Å²) in [5.41, 5.74) is 5.96. The summed E-state index contributed by atoms with van der Waals surface area (Å²) in [6.45, 7) is 6.50. The van der Waals surface area contributed by atoms with Crippen molar-refractivity contribution in [2.45, 2.75) is 38.8 Å². The molecule has 0 aliphatic carbocycles. The van der Waals surface area contributed by atoms with Gasteiger partial charge in [-0.1, -0.05) is 0 Å². The van der Waals surface area contributed by atoms with Crippen molar-refractivity contribution in [3.8, 4) is 0 Å². The third kappa shape index (κ3) is 3.20. The van der Waals surface area contributed by atoms with E-state index in [1.54, 1.807) is 5.38 Å². The number of hydrogen-bond donors (Lipinski definition) is 2. The summed E-state index contributed by atoms with van der Waals surface area (Å²) in [6.07, 6.45) is 2.01. The van der Waals surface area contributed by atoms with Gasteiger partial charge in [0.2, 0.25) is 0 Å². The molecule has 18 heavy (non-hydrogen) atoms. The molecular formula is C12H20N4OS. The number of nitrogens with one attached hydrogen (secondary N) is 1. The van der Waals surface area contributed by atoms with E-state index in [0.29, 0.717) is 16.9 Å². The lowest BCUT2D eigenvalue weighted by molar-refractivity contribution is 0.0896. The van der Waals surface area contributed by atoms with E-state index in [9.17, 15) is 4.79 Å². The van der Waals surface area contributed by atoms with Gasteiger partial charge < -0.3 is 16.0 Å². The predicted octanol–water partition coefficient (Wildman–Crippen LogP) is 1.33. The fourth-order valence-electron chi connectivity index (χ4n) is 2.21. The molecule has 6 heteroatoms. The summed E-state index contributed by atoms with van der Waals surface area (Å²) in [5, 5.41) is 5.17. The van der Waals surface area contributed by atoms with E-state index < -0.39 is 0 Å². The number of likely N-dealkylation sites (tertiary alicyclic amines) is 1. The van der Waals surface area contributed by atoms with E-state index in [0.717, 1.165) is 25.9 Å². The van der Waals surface area contributed by atoms with Crippen LogP contribution in [0.1, 0.15) is 37.2 Å². The summed E-state index contributed by atoms with van der Waals surface area (Å²) < 4.78 is 0. The number of anilines is 1. The number of nitrogens with zero attached hydrogens (tertiary/aromatic N) is 2. The van der Waals surface area contributed by atoms with Gasteiger partial charge in [0.15, 0.2) is 5.13 Å². The first-order chi connectivity index (χ1) is 8.56. The van der Waals surface area contributed by atoms with Crippen molar-refractivity contribution in [1.29, 1.82) is 0 Å². The number of nitrogen functional groups attached to an aromatic ring is 1. The number of piperidine rings is 1. The molecule has 0 spiro atoms. The zero-order valence-electron chi connectivity index (χ0n) is 10.8. The predicted molar refractivity (Wildman–Crippen MR) is 73.7 cm³/mol. The third-order valence-corrected chi connectivity index (χ3v) is 4.02. The van der Waals surface area contributed by atoms with Crippen LogP contribution in [0.4, 0.5) is 5.13 Å². The number of aromatic nitrogens is 1. The summed E-state index contributed by atoms with van der Waals surface area (Å²) in [6, 6.07) is 0.843. The molecule has 0 atom stereocenters. The zero-order chi connectivity index (χ0) is 13.1. The van der Waals surface area contributed by atoms with E-state index in [2.05, 4.69) is 29.0 Å². The van der Waals surface area contributed by atoms with Gasteiger partial charge in [0.25, 0.3) is 5.91 Å². The van der Waals surface area contributed by atoms with E-state index in [4.69, 9.17) is 5.73 Å². The molecule has 100 valence electrons. The molecule has 5 nitrogen and oxygen atoms in total. The van der Waals surface area contributed by atoms with Gasteiger partial charge in [-0.2, -0.15) is 0 Å². The van der Waals surface area contributed by atoms with Crippen LogP contribution in [0.15, 0.2) is 5.38 Å². The van der Waals surface area contributed by atoms with Crippen molar-refractivity contribution in [2.75, 3.05) is 18.8 Å². The Hall–Kier alpha value is -1.14. The van der Waals surface area contributed by atoms with Gasteiger partial charge >= 0.3 is 0 Å². The molecule has 2 rings (SSSR count). The van der Waals surface area contributed by atoms with Crippen LogP contribution < -0.4 is 11.1 Å². The smallest absolute Gasteiger partial charge is 0.271 e. The highest BCUT2D eigenvalue weighted by molar-refractivity contribution is 7.13. The number of carbonyl (C=O) groups excluding carboxylic acids is 1. The fraction of sp³-hybridized carbons (Fsp3) is 0.667. The second kappa shape index (κ2) is 5.67. The Kier molecular flexibility index (Phi) is 4.19. The molecule has 0 bridgehead atoms. The molecule has 1 aliphatic heterocycles. The van der Waals surface area contributed by atoms with Crippen molar-refractivity contribution in [2.24, 2.45) is 0 Å². The molecule has 1 saturated heterocycles. The molecule has 1 aromatic rings. The molecule has 1 aromatic heterocycles. The molecule has 1 amide bonds. The van der Waals surface area contributed by atoms with Gasteiger partial charge in [0.1, 0.15) is 5.69 Å². The molecule has 3 N–H and O–H groups in total. The van der Waals surface area contributed by atoms with Crippen LogP contribution in [-0.2, 0) is 0 Å². The number of amides is 1. The zero-order valence-corrected chi connectivity index (χ0v) is 11.7. The van der Waals surface area contributed by atoms with Gasteiger partial charge in [0.05, 0.1) is 0 Å². The van der Waals surface area contributed by atoms with Crippen LogP contribution in [0.2, 0.25) is 0 Å². The van der Waals surface area contributed by atoms with Gasteiger partial charge in [-0.15, -0.1) is 11.3 Å². The molecule has 1 fully saturated rings. The fourth-order valence-corrected chi connectivity index (χ4v) is 2.75. The average molecular weight is 268 g/mol. The molecule has 0 unspecified atom stereocenters. The second-order valence-electron chi connectivity index (χ2n) is 4.95. The summed E-state index contributed by atoms with van der Waals surface area (Å²) >= 11 is 1.30. The van der Waals surface area contributed by atoms with E-state index in [1.165, 1.54) is 11.3 Å². The van der Waals surface area contributed by atoms with Gasteiger partial charge in [0, 0.05) is 30.6 Å².